The molecule has 0 aliphatic carbocycles. The quantitative estimate of drug-likeness (QED) is 0.463. The van der Waals surface area contributed by atoms with E-state index < -0.39 is 22.5 Å². The lowest BCUT2D eigenvalue weighted by molar-refractivity contribution is -0.114. The van der Waals surface area contributed by atoms with E-state index in [0.717, 1.165) is 9.87 Å². The van der Waals surface area contributed by atoms with Crippen molar-refractivity contribution >= 4 is 38.9 Å². The maximum absolute atomic E-state index is 13.7. The Hall–Kier alpha value is -3.23. The highest BCUT2D eigenvalue weighted by Gasteiger charge is 2.30. The first-order valence-corrected chi connectivity index (χ1v) is 12.0. The summed E-state index contributed by atoms with van der Waals surface area (Å²) in [6.45, 7) is 3.57. The Morgan fingerprint density at radius 1 is 1.03 bits per heavy atom. The highest BCUT2D eigenvalue weighted by atomic mass is 35.5. The van der Waals surface area contributed by atoms with Crippen molar-refractivity contribution < 1.29 is 22.7 Å². The number of sulfonamides is 1. The highest BCUT2D eigenvalue weighted by molar-refractivity contribution is 7.93. The normalized spacial score (nSPS) is 11.0. The van der Waals surface area contributed by atoms with Crippen LogP contribution in [0.2, 0.25) is 5.02 Å². The number of hydrogen-bond acceptors (Lipinski definition) is 5. The van der Waals surface area contributed by atoms with E-state index in [1.54, 1.807) is 67.6 Å². The molecule has 3 aromatic rings. The van der Waals surface area contributed by atoms with Gasteiger partial charge in [0, 0.05) is 5.02 Å². The predicted molar refractivity (Wildman–Crippen MR) is 130 cm³/mol. The zero-order valence-corrected chi connectivity index (χ0v) is 20.1. The van der Waals surface area contributed by atoms with E-state index >= 15 is 0 Å². The van der Waals surface area contributed by atoms with E-state index in [4.69, 9.17) is 21.1 Å². The molecule has 1 N–H and O–H groups in total. The van der Waals surface area contributed by atoms with Gasteiger partial charge >= 0.3 is 0 Å². The summed E-state index contributed by atoms with van der Waals surface area (Å²) in [5, 5.41) is 3.19. The number of halogens is 1. The number of hydrogen-bond donors (Lipinski definition) is 1. The van der Waals surface area contributed by atoms with Crippen LogP contribution in [-0.2, 0) is 14.8 Å². The Bertz CT molecular complexity index is 1230. The average Bonchev–Trinajstić information content (AvgIpc) is 2.79. The molecule has 174 valence electrons. The number of benzene rings is 3. The molecule has 0 saturated carbocycles. The van der Waals surface area contributed by atoms with Gasteiger partial charge in [0.25, 0.3) is 10.0 Å². The lowest BCUT2D eigenvalue weighted by Crippen LogP contribution is -2.38. The molecule has 9 heteroatoms. The number of carbonyl (C=O) groups excluding carboxylic acids is 1. The monoisotopic (exact) mass is 488 g/mol. The third kappa shape index (κ3) is 5.77. The summed E-state index contributed by atoms with van der Waals surface area (Å²) >= 11 is 6.00. The summed E-state index contributed by atoms with van der Waals surface area (Å²) < 4.78 is 39.3. The average molecular weight is 489 g/mol. The van der Waals surface area contributed by atoms with Crippen LogP contribution in [0, 0.1) is 6.92 Å². The topological polar surface area (TPSA) is 84.9 Å². The Labute approximate surface area is 198 Å². The Morgan fingerprint density at radius 3 is 2.39 bits per heavy atom. The van der Waals surface area contributed by atoms with Gasteiger partial charge in [-0.2, -0.15) is 0 Å². The zero-order valence-electron chi connectivity index (χ0n) is 18.5. The lowest BCUT2D eigenvalue weighted by atomic mass is 10.2. The van der Waals surface area contributed by atoms with Crippen molar-refractivity contribution in [1.29, 1.82) is 0 Å². The van der Waals surface area contributed by atoms with Gasteiger partial charge in [-0.25, -0.2) is 8.42 Å². The van der Waals surface area contributed by atoms with Gasteiger partial charge in [-0.1, -0.05) is 29.8 Å². The van der Waals surface area contributed by atoms with Gasteiger partial charge in [0.1, 0.15) is 22.9 Å². The van der Waals surface area contributed by atoms with Crippen molar-refractivity contribution in [1.82, 2.24) is 0 Å². The summed E-state index contributed by atoms with van der Waals surface area (Å²) in [5.74, 6) is 0.142. The number of ether oxygens (including phenoxy) is 2. The Balaban J connectivity index is 2.00. The second-order valence-electron chi connectivity index (χ2n) is 7.12. The molecule has 0 radical (unpaired) electrons. The van der Waals surface area contributed by atoms with Crippen molar-refractivity contribution in [2.75, 3.05) is 29.9 Å². The van der Waals surface area contributed by atoms with E-state index in [1.165, 1.54) is 13.2 Å². The number of carbonyl (C=O) groups is 1. The van der Waals surface area contributed by atoms with Gasteiger partial charge in [0.15, 0.2) is 0 Å². The van der Waals surface area contributed by atoms with E-state index in [9.17, 15) is 13.2 Å². The van der Waals surface area contributed by atoms with Crippen LogP contribution < -0.4 is 19.1 Å². The molecule has 0 unspecified atom stereocenters. The van der Waals surface area contributed by atoms with E-state index in [2.05, 4.69) is 5.32 Å². The summed E-state index contributed by atoms with van der Waals surface area (Å²) in [4.78, 5) is 12.9. The molecule has 0 bridgehead atoms. The van der Waals surface area contributed by atoms with Crippen molar-refractivity contribution in [3.8, 4) is 11.5 Å². The van der Waals surface area contributed by atoms with Gasteiger partial charge in [-0.15, -0.1) is 0 Å². The van der Waals surface area contributed by atoms with Crippen molar-refractivity contribution in [3.63, 3.8) is 0 Å². The minimum atomic E-state index is -4.17. The zero-order chi connectivity index (χ0) is 24.0. The van der Waals surface area contributed by atoms with Crippen LogP contribution in [0.15, 0.2) is 71.6 Å². The van der Waals surface area contributed by atoms with E-state index in [1.807, 2.05) is 6.92 Å². The first-order valence-electron chi connectivity index (χ1n) is 10.2. The third-order valence-electron chi connectivity index (χ3n) is 4.75. The van der Waals surface area contributed by atoms with E-state index in [0.29, 0.717) is 23.1 Å². The summed E-state index contributed by atoms with van der Waals surface area (Å²) in [6, 6.07) is 18.0. The lowest BCUT2D eigenvalue weighted by Gasteiger charge is -2.25. The summed E-state index contributed by atoms with van der Waals surface area (Å²) in [5.41, 5.74) is 1.47. The number of rotatable bonds is 9. The molecule has 7 nitrogen and oxygen atoms in total. The molecule has 3 aromatic carbocycles. The molecular weight excluding hydrogens is 464 g/mol. The number of methoxy groups -OCH3 is 1. The van der Waals surface area contributed by atoms with Crippen molar-refractivity contribution in [2.45, 2.75) is 18.7 Å². The van der Waals surface area contributed by atoms with Crippen LogP contribution in [0.4, 0.5) is 11.4 Å². The van der Waals surface area contributed by atoms with Crippen LogP contribution in [-0.4, -0.2) is 34.6 Å². The number of para-hydroxylation sites is 2. The fourth-order valence-electron chi connectivity index (χ4n) is 3.20. The van der Waals surface area contributed by atoms with E-state index in [-0.39, 0.29) is 16.3 Å². The van der Waals surface area contributed by atoms with Crippen LogP contribution in [0.1, 0.15) is 12.5 Å². The largest absolute Gasteiger partial charge is 0.495 e. The fourth-order valence-corrected chi connectivity index (χ4v) is 4.99. The molecule has 0 spiro atoms. The third-order valence-corrected chi connectivity index (χ3v) is 6.80. The number of anilines is 2. The Morgan fingerprint density at radius 2 is 1.73 bits per heavy atom. The van der Waals surface area contributed by atoms with Gasteiger partial charge in [-0.3, -0.25) is 9.10 Å². The smallest absolute Gasteiger partial charge is 0.268 e. The highest BCUT2D eigenvalue weighted by Crippen LogP contribution is 2.32. The fraction of sp³-hybridized carbons (Fsp3) is 0.208. The molecule has 0 aromatic heterocycles. The minimum Gasteiger partial charge on any atom is -0.495 e. The van der Waals surface area contributed by atoms with Crippen molar-refractivity contribution in [3.05, 3.63) is 77.3 Å². The first-order chi connectivity index (χ1) is 15.8. The molecule has 0 saturated heterocycles. The van der Waals surface area contributed by atoms with Crippen LogP contribution in [0.3, 0.4) is 0 Å². The number of aryl methyl sites for hydroxylation is 1. The van der Waals surface area contributed by atoms with Gasteiger partial charge in [0.05, 0.1) is 25.1 Å². The molecule has 0 heterocycles. The van der Waals surface area contributed by atoms with Crippen LogP contribution >= 0.6 is 11.6 Å². The standard InChI is InChI=1S/C24H25ClN2O5S/c1-4-32-21-8-6-5-7-20(21)26-24(28)16-27(19-12-10-18(25)11-13-19)33(29,30)23-15-17(2)9-14-22(23)31-3/h5-15H,4,16H2,1-3H3,(H,26,28). The minimum absolute atomic E-state index is 0.0394. The second kappa shape index (κ2) is 10.6. The molecule has 3 rings (SSSR count). The second-order valence-corrected chi connectivity index (χ2v) is 9.39. The van der Waals surface area contributed by atoms with Gasteiger partial charge in [0.2, 0.25) is 5.91 Å². The maximum Gasteiger partial charge on any atom is 0.268 e. The van der Waals surface area contributed by atoms with Crippen molar-refractivity contribution in [2.24, 2.45) is 0 Å². The molecule has 0 aliphatic heterocycles. The maximum atomic E-state index is 13.7. The molecular formula is C24H25ClN2O5S. The van der Waals surface area contributed by atoms with Gasteiger partial charge < -0.3 is 14.8 Å². The Kier molecular flexibility index (Phi) is 7.84. The summed E-state index contributed by atoms with van der Waals surface area (Å²) in [7, 11) is -2.77. The molecule has 33 heavy (non-hydrogen) atoms. The first kappa shape index (κ1) is 24.4. The van der Waals surface area contributed by atoms with Crippen LogP contribution in [0.5, 0.6) is 11.5 Å². The number of nitrogens with zero attached hydrogens (tertiary/aromatic N) is 1. The number of nitrogens with one attached hydrogen (secondary N) is 1. The predicted octanol–water partition coefficient (Wildman–Crippen LogP) is 4.89. The molecule has 1 amide bonds. The van der Waals surface area contributed by atoms with Gasteiger partial charge in [-0.05, 0) is 67.9 Å². The number of amides is 1. The molecule has 0 fully saturated rings. The SMILES string of the molecule is CCOc1ccccc1NC(=O)CN(c1ccc(Cl)cc1)S(=O)(=O)c1cc(C)ccc1OC. The van der Waals surface area contributed by atoms with Crippen LogP contribution in [0.25, 0.3) is 0 Å². The summed E-state index contributed by atoms with van der Waals surface area (Å²) in [6.07, 6.45) is 0. The molecule has 0 aliphatic rings. The molecule has 0 atom stereocenters.